The van der Waals surface area contributed by atoms with Gasteiger partial charge in [0.1, 0.15) is 0 Å². The third kappa shape index (κ3) is 2.68. The van der Waals surface area contributed by atoms with E-state index < -0.39 is 5.97 Å². The summed E-state index contributed by atoms with van der Waals surface area (Å²) >= 11 is 0. The fourth-order valence-electron chi connectivity index (χ4n) is 2.66. The second-order valence-electron chi connectivity index (χ2n) is 5.72. The van der Waals surface area contributed by atoms with Crippen LogP contribution in [0.5, 0.6) is 0 Å². The van der Waals surface area contributed by atoms with Gasteiger partial charge >= 0.3 is 5.97 Å². The maximum absolute atomic E-state index is 11.4. The van der Waals surface area contributed by atoms with Gasteiger partial charge < -0.3 is 5.11 Å². The first-order valence-electron chi connectivity index (χ1n) is 7.44. The Balaban J connectivity index is 2.09. The van der Waals surface area contributed by atoms with Crippen LogP contribution < -0.4 is 0 Å². The highest BCUT2D eigenvalue weighted by Gasteiger charge is 2.30. The summed E-state index contributed by atoms with van der Waals surface area (Å²) in [4.78, 5) is 16.1. The maximum Gasteiger partial charge on any atom is 0.337 e. The summed E-state index contributed by atoms with van der Waals surface area (Å²) in [6.45, 7) is 4.06. The highest BCUT2D eigenvalue weighted by atomic mass is 16.4. The molecule has 3 heteroatoms. The van der Waals surface area contributed by atoms with Crippen LogP contribution in [0.3, 0.4) is 0 Å². The molecule has 1 aliphatic rings. The van der Waals surface area contributed by atoms with Crippen LogP contribution in [0.15, 0.2) is 30.3 Å². The number of aromatic nitrogens is 1. The number of benzene rings is 1. The Bertz CT molecular complexity index is 685. The number of carbonyl (C=O) groups is 1. The molecule has 1 fully saturated rings. The minimum atomic E-state index is -0.875. The zero-order valence-corrected chi connectivity index (χ0v) is 12.4. The summed E-state index contributed by atoms with van der Waals surface area (Å²) in [5.74, 6) is -0.550. The van der Waals surface area contributed by atoms with Crippen molar-refractivity contribution >= 4 is 5.97 Å². The Labute approximate surface area is 124 Å². The third-order valence-corrected chi connectivity index (χ3v) is 4.07. The monoisotopic (exact) mass is 281 g/mol. The van der Waals surface area contributed by atoms with E-state index in [0.29, 0.717) is 11.5 Å². The van der Waals surface area contributed by atoms with Crippen molar-refractivity contribution in [2.45, 2.75) is 39.0 Å². The summed E-state index contributed by atoms with van der Waals surface area (Å²) in [5, 5.41) is 9.36. The molecule has 0 unspecified atom stereocenters. The number of hydrogen-bond donors (Lipinski definition) is 1. The molecule has 1 aliphatic carbocycles. The second-order valence-corrected chi connectivity index (χ2v) is 5.72. The molecule has 3 rings (SSSR count). The van der Waals surface area contributed by atoms with Crippen molar-refractivity contribution in [3.05, 3.63) is 52.7 Å². The van der Waals surface area contributed by atoms with Gasteiger partial charge in [0.2, 0.25) is 0 Å². The van der Waals surface area contributed by atoms with Crippen molar-refractivity contribution < 1.29 is 9.90 Å². The van der Waals surface area contributed by atoms with Gasteiger partial charge in [0.25, 0.3) is 0 Å². The molecule has 1 aromatic heterocycles. The molecule has 0 amide bonds. The fourth-order valence-corrected chi connectivity index (χ4v) is 2.66. The SMILES string of the molecule is CCc1ccc(-c2nc(C3CC3)c(C(=O)O)cc2C)cc1. The summed E-state index contributed by atoms with van der Waals surface area (Å²) in [7, 11) is 0. The molecule has 21 heavy (non-hydrogen) atoms. The van der Waals surface area contributed by atoms with Crippen molar-refractivity contribution in [3.63, 3.8) is 0 Å². The molecule has 3 nitrogen and oxygen atoms in total. The van der Waals surface area contributed by atoms with E-state index >= 15 is 0 Å². The van der Waals surface area contributed by atoms with Crippen LogP contribution in [-0.4, -0.2) is 16.1 Å². The van der Waals surface area contributed by atoms with E-state index in [4.69, 9.17) is 4.98 Å². The van der Waals surface area contributed by atoms with Crippen molar-refractivity contribution in [2.75, 3.05) is 0 Å². The fraction of sp³-hybridized carbons (Fsp3) is 0.333. The molecule has 0 bridgehead atoms. The van der Waals surface area contributed by atoms with Crippen molar-refractivity contribution in [2.24, 2.45) is 0 Å². The van der Waals surface area contributed by atoms with Gasteiger partial charge in [-0.15, -0.1) is 0 Å². The molecule has 2 aromatic rings. The van der Waals surface area contributed by atoms with E-state index in [1.807, 2.05) is 6.92 Å². The number of carboxylic acid groups (broad SMARTS) is 1. The number of hydrogen-bond acceptors (Lipinski definition) is 2. The highest BCUT2D eigenvalue weighted by molar-refractivity contribution is 5.90. The quantitative estimate of drug-likeness (QED) is 0.914. The minimum Gasteiger partial charge on any atom is -0.478 e. The number of carboxylic acids is 1. The third-order valence-electron chi connectivity index (χ3n) is 4.07. The molecule has 0 radical (unpaired) electrons. The Morgan fingerprint density at radius 3 is 2.48 bits per heavy atom. The van der Waals surface area contributed by atoms with E-state index in [-0.39, 0.29) is 0 Å². The van der Waals surface area contributed by atoms with Gasteiger partial charge in [0.15, 0.2) is 0 Å². The molecular formula is C18H19NO2. The van der Waals surface area contributed by atoms with E-state index in [2.05, 4.69) is 31.2 Å². The average molecular weight is 281 g/mol. The molecule has 1 N–H and O–H groups in total. The van der Waals surface area contributed by atoms with Crippen LogP contribution in [0.1, 0.15) is 52.9 Å². The van der Waals surface area contributed by atoms with E-state index in [0.717, 1.165) is 41.8 Å². The molecule has 0 aliphatic heterocycles. The summed E-state index contributed by atoms with van der Waals surface area (Å²) in [5.41, 5.74) is 5.29. The van der Waals surface area contributed by atoms with E-state index in [1.165, 1.54) is 5.56 Å². The number of aryl methyl sites for hydroxylation is 2. The van der Waals surface area contributed by atoms with Crippen LogP contribution >= 0.6 is 0 Å². The lowest BCUT2D eigenvalue weighted by Crippen LogP contribution is -2.06. The molecule has 0 atom stereocenters. The number of pyridine rings is 1. The van der Waals surface area contributed by atoms with Crippen LogP contribution in [-0.2, 0) is 6.42 Å². The van der Waals surface area contributed by atoms with Gasteiger partial charge in [0, 0.05) is 11.5 Å². The minimum absolute atomic E-state index is 0.324. The first kappa shape index (κ1) is 13.8. The number of nitrogens with zero attached hydrogens (tertiary/aromatic N) is 1. The average Bonchev–Trinajstić information content (AvgIpc) is 3.31. The molecule has 1 saturated carbocycles. The lowest BCUT2D eigenvalue weighted by Gasteiger charge is -2.11. The first-order chi connectivity index (χ1) is 10.1. The lowest BCUT2D eigenvalue weighted by molar-refractivity contribution is 0.0695. The topological polar surface area (TPSA) is 50.2 Å². The standard InChI is InChI=1S/C18H19NO2/c1-3-12-4-6-13(7-5-12)16-11(2)10-15(18(20)21)17(19-16)14-8-9-14/h4-7,10,14H,3,8-9H2,1-2H3,(H,20,21). The maximum atomic E-state index is 11.4. The van der Waals surface area contributed by atoms with Gasteiger partial charge in [-0.3, -0.25) is 4.98 Å². The van der Waals surface area contributed by atoms with Gasteiger partial charge in [0.05, 0.1) is 17.0 Å². The van der Waals surface area contributed by atoms with Crippen LogP contribution in [0.25, 0.3) is 11.3 Å². The molecule has 0 saturated heterocycles. The Morgan fingerprint density at radius 1 is 1.29 bits per heavy atom. The molecule has 0 spiro atoms. The Kier molecular flexibility index (Phi) is 3.50. The lowest BCUT2D eigenvalue weighted by atomic mass is 10.00. The second kappa shape index (κ2) is 5.32. The van der Waals surface area contributed by atoms with Crippen LogP contribution in [0.4, 0.5) is 0 Å². The van der Waals surface area contributed by atoms with Crippen molar-refractivity contribution in [1.29, 1.82) is 0 Å². The molecular weight excluding hydrogens is 262 g/mol. The number of rotatable bonds is 4. The summed E-state index contributed by atoms with van der Waals surface area (Å²) < 4.78 is 0. The van der Waals surface area contributed by atoms with Crippen LogP contribution in [0.2, 0.25) is 0 Å². The van der Waals surface area contributed by atoms with Crippen LogP contribution in [0, 0.1) is 6.92 Å². The van der Waals surface area contributed by atoms with Gasteiger partial charge in [-0.25, -0.2) is 4.79 Å². The Morgan fingerprint density at radius 2 is 1.95 bits per heavy atom. The normalized spacial score (nSPS) is 14.2. The molecule has 1 aromatic carbocycles. The molecule has 1 heterocycles. The predicted molar refractivity (Wildman–Crippen MR) is 82.7 cm³/mol. The molecule has 108 valence electrons. The summed E-state index contributed by atoms with van der Waals surface area (Å²) in [6.07, 6.45) is 3.10. The first-order valence-corrected chi connectivity index (χ1v) is 7.44. The van der Waals surface area contributed by atoms with Gasteiger partial charge in [-0.05, 0) is 43.4 Å². The van der Waals surface area contributed by atoms with Gasteiger partial charge in [-0.2, -0.15) is 0 Å². The predicted octanol–water partition coefficient (Wildman–Crippen LogP) is 4.20. The largest absolute Gasteiger partial charge is 0.478 e. The van der Waals surface area contributed by atoms with E-state index in [1.54, 1.807) is 6.07 Å². The van der Waals surface area contributed by atoms with Crippen molar-refractivity contribution in [3.8, 4) is 11.3 Å². The van der Waals surface area contributed by atoms with Gasteiger partial charge in [-0.1, -0.05) is 31.2 Å². The highest BCUT2D eigenvalue weighted by Crippen LogP contribution is 2.42. The van der Waals surface area contributed by atoms with E-state index in [9.17, 15) is 9.90 Å². The number of aromatic carboxylic acids is 1. The van der Waals surface area contributed by atoms with Crippen molar-refractivity contribution in [1.82, 2.24) is 4.98 Å². The Hall–Kier alpha value is -2.16. The smallest absolute Gasteiger partial charge is 0.337 e. The summed E-state index contributed by atoms with van der Waals surface area (Å²) in [6, 6.07) is 10.1. The zero-order chi connectivity index (χ0) is 15.0. The zero-order valence-electron chi connectivity index (χ0n) is 12.4.